The van der Waals surface area contributed by atoms with E-state index in [9.17, 15) is 4.79 Å². The molecule has 4 heteroatoms. The number of carbonyl (C=O) groups is 1. The van der Waals surface area contributed by atoms with Crippen LogP contribution in [0.25, 0.3) is 0 Å². The zero-order valence-corrected chi connectivity index (χ0v) is 14.7. The van der Waals surface area contributed by atoms with Crippen molar-refractivity contribution in [3.05, 3.63) is 65.7 Å². The van der Waals surface area contributed by atoms with Crippen LogP contribution in [0.3, 0.4) is 0 Å². The minimum Gasteiger partial charge on any atom is -0.497 e. The Morgan fingerprint density at radius 1 is 1.08 bits per heavy atom. The molecule has 1 unspecified atom stereocenters. The van der Waals surface area contributed by atoms with Gasteiger partial charge in [-0.05, 0) is 43.8 Å². The van der Waals surface area contributed by atoms with Gasteiger partial charge >= 0.3 is 0 Å². The average Bonchev–Trinajstić information content (AvgIpc) is 2.61. The standard InChI is InChI=1S/C20H26N2O2/c1-22(2)19(17-7-5-4-6-8-17)15-21-20(23)14-11-16-9-12-18(24-3)13-10-16/h4-10,12-13,19H,11,14-15H2,1-3H3,(H,21,23). The molecule has 0 radical (unpaired) electrons. The van der Waals surface area contributed by atoms with Crippen molar-refractivity contribution >= 4 is 5.91 Å². The van der Waals surface area contributed by atoms with E-state index in [-0.39, 0.29) is 11.9 Å². The number of amides is 1. The average molecular weight is 326 g/mol. The number of likely N-dealkylation sites (N-methyl/N-ethyl adjacent to an activating group) is 1. The molecule has 1 N–H and O–H groups in total. The van der Waals surface area contributed by atoms with Crippen LogP contribution in [0.2, 0.25) is 0 Å². The van der Waals surface area contributed by atoms with Crippen molar-refractivity contribution in [3.63, 3.8) is 0 Å². The highest BCUT2D eigenvalue weighted by Gasteiger charge is 2.14. The summed E-state index contributed by atoms with van der Waals surface area (Å²) in [5.74, 6) is 0.911. The van der Waals surface area contributed by atoms with E-state index in [0.29, 0.717) is 13.0 Å². The van der Waals surface area contributed by atoms with Crippen LogP contribution in [0.5, 0.6) is 5.75 Å². The molecule has 1 atom stereocenters. The van der Waals surface area contributed by atoms with Crippen LogP contribution in [-0.4, -0.2) is 38.6 Å². The molecule has 2 rings (SSSR count). The van der Waals surface area contributed by atoms with Crippen molar-refractivity contribution in [2.75, 3.05) is 27.7 Å². The molecule has 0 bridgehead atoms. The Bertz CT molecular complexity index is 624. The lowest BCUT2D eigenvalue weighted by molar-refractivity contribution is -0.121. The number of hydrogen-bond acceptors (Lipinski definition) is 3. The monoisotopic (exact) mass is 326 g/mol. The quantitative estimate of drug-likeness (QED) is 0.811. The van der Waals surface area contributed by atoms with Gasteiger partial charge in [-0.2, -0.15) is 0 Å². The molecule has 0 aliphatic rings. The lowest BCUT2D eigenvalue weighted by Crippen LogP contribution is -2.34. The Balaban J connectivity index is 1.82. The summed E-state index contributed by atoms with van der Waals surface area (Å²) in [5, 5.41) is 3.05. The van der Waals surface area contributed by atoms with Crippen LogP contribution >= 0.6 is 0 Å². The largest absolute Gasteiger partial charge is 0.497 e. The number of methoxy groups -OCH3 is 1. The van der Waals surface area contributed by atoms with Crippen molar-refractivity contribution in [1.82, 2.24) is 10.2 Å². The van der Waals surface area contributed by atoms with Gasteiger partial charge in [0.15, 0.2) is 0 Å². The first-order chi connectivity index (χ1) is 11.6. The van der Waals surface area contributed by atoms with Gasteiger partial charge < -0.3 is 15.0 Å². The first kappa shape index (κ1) is 18.0. The minimum atomic E-state index is 0.0774. The summed E-state index contributed by atoms with van der Waals surface area (Å²) in [6.45, 7) is 0.610. The molecule has 4 nitrogen and oxygen atoms in total. The van der Waals surface area contributed by atoms with Crippen molar-refractivity contribution < 1.29 is 9.53 Å². The normalized spacial score (nSPS) is 12.0. The van der Waals surface area contributed by atoms with Crippen molar-refractivity contribution in [3.8, 4) is 5.75 Å². The van der Waals surface area contributed by atoms with Gasteiger partial charge in [0.05, 0.1) is 13.2 Å². The zero-order valence-electron chi connectivity index (χ0n) is 14.7. The molecule has 2 aromatic rings. The first-order valence-corrected chi connectivity index (χ1v) is 8.21. The van der Waals surface area contributed by atoms with Crippen molar-refractivity contribution in [2.45, 2.75) is 18.9 Å². The Hall–Kier alpha value is -2.33. The van der Waals surface area contributed by atoms with Gasteiger partial charge in [0.25, 0.3) is 0 Å². The molecule has 1 amide bonds. The molecule has 0 fully saturated rings. The number of benzene rings is 2. The number of ether oxygens (including phenoxy) is 1. The van der Waals surface area contributed by atoms with E-state index in [0.717, 1.165) is 17.7 Å². The molecule has 0 spiro atoms. The highest BCUT2D eigenvalue weighted by molar-refractivity contribution is 5.76. The van der Waals surface area contributed by atoms with E-state index >= 15 is 0 Å². The topological polar surface area (TPSA) is 41.6 Å². The van der Waals surface area contributed by atoms with Gasteiger partial charge in [-0.25, -0.2) is 0 Å². The molecule has 0 aliphatic heterocycles. The fourth-order valence-electron chi connectivity index (χ4n) is 2.62. The van der Waals surface area contributed by atoms with Crippen LogP contribution in [0.15, 0.2) is 54.6 Å². The van der Waals surface area contributed by atoms with Crippen molar-refractivity contribution in [1.29, 1.82) is 0 Å². The van der Waals surface area contributed by atoms with Crippen molar-refractivity contribution in [2.24, 2.45) is 0 Å². The van der Waals surface area contributed by atoms with E-state index < -0.39 is 0 Å². The predicted octanol–water partition coefficient (Wildman–Crippen LogP) is 3.05. The van der Waals surface area contributed by atoms with E-state index in [1.165, 1.54) is 5.56 Å². The molecular weight excluding hydrogens is 300 g/mol. The Morgan fingerprint density at radius 2 is 1.75 bits per heavy atom. The molecule has 0 aromatic heterocycles. The van der Waals surface area contributed by atoms with Gasteiger partial charge in [-0.1, -0.05) is 42.5 Å². The number of aryl methyl sites for hydroxylation is 1. The lowest BCUT2D eigenvalue weighted by Gasteiger charge is -2.25. The summed E-state index contributed by atoms with van der Waals surface area (Å²) < 4.78 is 5.14. The predicted molar refractivity (Wildman–Crippen MR) is 97.2 cm³/mol. The molecule has 2 aromatic carbocycles. The minimum absolute atomic E-state index is 0.0774. The van der Waals surface area contributed by atoms with Gasteiger partial charge in [0.1, 0.15) is 5.75 Å². The fourth-order valence-corrected chi connectivity index (χ4v) is 2.62. The van der Waals surface area contributed by atoms with Crippen LogP contribution in [0.1, 0.15) is 23.6 Å². The second kappa shape index (κ2) is 9.08. The number of carbonyl (C=O) groups excluding carboxylic acids is 1. The summed E-state index contributed by atoms with van der Waals surface area (Å²) in [4.78, 5) is 14.3. The molecule has 0 heterocycles. The SMILES string of the molecule is COc1ccc(CCC(=O)NCC(c2ccccc2)N(C)C)cc1. The highest BCUT2D eigenvalue weighted by Crippen LogP contribution is 2.17. The molecule has 128 valence electrons. The third-order valence-corrected chi connectivity index (χ3v) is 4.10. The van der Waals surface area contributed by atoms with Crippen LogP contribution in [-0.2, 0) is 11.2 Å². The second-order valence-corrected chi connectivity index (χ2v) is 6.04. The number of nitrogens with zero attached hydrogens (tertiary/aromatic N) is 1. The summed E-state index contributed by atoms with van der Waals surface area (Å²) >= 11 is 0. The van der Waals surface area contributed by atoms with Crippen LogP contribution in [0.4, 0.5) is 0 Å². The number of nitrogens with one attached hydrogen (secondary N) is 1. The Labute approximate surface area is 144 Å². The first-order valence-electron chi connectivity index (χ1n) is 8.21. The summed E-state index contributed by atoms with van der Waals surface area (Å²) in [6.07, 6.45) is 1.22. The zero-order chi connectivity index (χ0) is 17.4. The molecule has 0 saturated heterocycles. The third-order valence-electron chi connectivity index (χ3n) is 4.10. The maximum Gasteiger partial charge on any atom is 0.220 e. The summed E-state index contributed by atoms with van der Waals surface area (Å²) in [7, 11) is 5.71. The molecule has 0 aliphatic carbocycles. The van der Waals surface area contributed by atoms with Gasteiger partial charge in [0, 0.05) is 13.0 Å². The van der Waals surface area contributed by atoms with Gasteiger partial charge in [0.2, 0.25) is 5.91 Å². The Kier molecular flexibility index (Phi) is 6.82. The van der Waals surface area contributed by atoms with Crippen LogP contribution in [0, 0.1) is 0 Å². The van der Waals surface area contributed by atoms with E-state index in [1.807, 2.05) is 56.6 Å². The van der Waals surface area contributed by atoms with E-state index in [4.69, 9.17) is 4.74 Å². The maximum absolute atomic E-state index is 12.1. The summed E-state index contributed by atoms with van der Waals surface area (Å²) in [6, 6.07) is 18.3. The van der Waals surface area contributed by atoms with Gasteiger partial charge in [-0.15, -0.1) is 0 Å². The highest BCUT2D eigenvalue weighted by atomic mass is 16.5. The Morgan fingerprint density at radius 3 is 2.33 bits per heavy atom. The second-order valence-electron chi connectivity index (χ2n) is 6.04. The number of hydrogen-bond donors (Lipinski definition) is 1. The lowest BCUT2D eigenvalue weighted by atomic mass is 10.1. The van der Waals surface area contributed by atoms with Gasteiger partial charge in [-0.3, -0.25) is 4.79 Å². The van der Waals surface area contributed by atoms with E-state index in [1.54, 1.807) is 7.11 Å². The molecule has 0 saturated carbocycles. The van der Waals surface area contributed by atoms with E-state index in [2.05, 4.69) is 22.3 Å². The van der Waals surface area contributed by atoms with Crippen LogP contribution < -0.4 is 10.1 Å². The molecule has 24 heavy (non-hydrogen) atoms. The third kappa shape index (κ3) is 5.39. The fraction of sp³-hybridized carbons (Fsp3) is 0.350. The smallest absolute Gasteiger partial charge is 0.220 e. The number of rotatable bonds is 8. The molecular formula is C20H26N2O2. The summed E-state index contributed by atoms with van der Waals surface area (Å²) in [5.41, 5.74) is 2.34. The maximum atomic E-state index is 12.1.